The Morgan fingerprint density at radius 3 is 2.62 bits per heavy atom. The van der Waals surface area contributed by atoms with Crippen LogP contribution in [0.4, 0.5) is 0 Å². The first-order chi connectivity index (χ1) is 15.3. The Kier molecular flexibility index (Phi) is 9.69. The van der Waals surface area contributed by atoms with Crippen LogP contribution in [0.25, 0.3) is 0 Å². The number of benzene rings is 1. The maximum atomic E-state index is 12.9. The molecule has 0 saturated carbocycles. The number of allylic oxidation sites excluding steroid dienone is 1. The minimum absolute atomic E-state index is 0.0696. The number of rotatable bonds is 11. The van der Waals surface area contributed by atoms with E-state index in [0.717, 1.165) is 18.4 Å². The summed E-state index contributed by atoms with van der Waals surface area (Å²) in [6.07, 6.45) is 14.6. The number of hydrogen-bond donors (Lipinski definition) is 1. The monoisotopic (exact) mass is 437 g/mol. The molecule has 0 saturated heterocycles. The van der Waals surface area contributed by atoms with E-state index < -0.39 is 6.10 Å². The average Bonchev–Trinajstić information content (AvgIpc) is 2.76. The standard InChI is InChI=1S/C27H35NO4/c1-7-16-31-23-12-11-21(18-24(23)30-6)13-15-28-26(29)25(32-17-8-2)19-22-20(3)10-9-14-27(22,4)5/h1-2,11-12,18,25H,9-10,13-17,19H2,3-6H3,(H,28,29). The quantitative estimate of drug-likeness (QED) is 0.414. The third kappa shape index (κ3) is 7.08. The van der Waals surface area contributed by atoms with Crippen molar-refractivity contribution in [3.05, 3.63) is 34.9 Å². The molecule has 0 radical (unpaired) electrons. The van der Waals surface area contributed by atoms with Gasteiger partial charge < -0.3 is 19.5 Å². The summed E-state index contributed by atoms with van der Waals surface area (Å²) >= 11 is 0. The van der Waals surface area contributed by atoms with Gasteiger partial charge in [0, 0.05) is 13.0 Å². The highest BCUT2D eigenvalue weighted by Gasteiger charge is 2.32. The number of nitrogens with one attached hydrogen (secondary N) is 1. The maximum Gasteiger partial charge on any atom is 0.249 e. The lowest BCUT2D eigenvalue weighted by atomic mass is 9.71. The molecule has 0 aromatic heterocycles. The molecule has 0 fully saturated rings. The molecule has 1 amide bonds. The summed E-state index contributed by atoms with van der Waals surface area (Å²) in [6.45, 7) is 7.41. The molecule has 1 aliphatic rings. The van der Waals surface area contributed by atoms with Crippen molar-refractivity contribution in [3.63, 3.8) is 0 Å². The molecule has 1 unspecified atom stereocenters. The van der Waals surface area contributed by atoms with Gasteiger partial charge in [0.05, 0.1) is 7.11 Å². The Labute approximate surface area is 192 Å². The normalized spacial score (nSPS) is 15.9. The van der Waals surface area contributed by atoms with Crippen LogP contribution in [0.1, 0.15) is 52.0 Å². The van der Waals surface area contributed by atoms with Crippen LogP contribution in [0.2, 0.25) is 0 Å². The Bertz CT molecular complexity index is 901. The lowest BCUT2D eigenvalue weighted by Crippen LogP contribution is -2.39. The van der Waals surface area contributed by atoms with Crippen LogP contribution in [0, 0.1) is 30.1 Å². The maximum absolute atomic E-state index is 12.9. The van der Waals surface area contributed by atoms with Crippen LogP contribution in [-0.2, 0) is 16.0 Å². The van der Waals surface area contributed by atoms with Crippen molar-refractivity contribution in [2.45, 2.75) is 59.0 Å². The molecule has 172 valence electrons. The lowest BCUT2D eigenvalue weighted by molar-refractivity contribution is -0.132. The van der Waals surface area contributed by atoms with Crippen molar-refractivity contribution in [1.29, 1.82) is 0 Å². The fourth-order valence-corrected chi connectivity index (χ4v) is 4.24. The van der Waals surface area contributed by atoms with Crippen LogP contribution in [0.5, 0.6) is 11.5 Å². The Morgan fingerprint density at radius 1 is 1.22 bits per heavy atom. The third-order valence-corrected chi connectivity index (χ3v) is 5.99. The minimum atomic E-state index is -0.595. The number of hydrogen-bond acceptors (Lipinski definition) is 4. The van der Waals surface area contributed by atoms with E-state index in [1.54, 1.807) is 7.11 Å². The Morgan fingerprint density at radius 2 is 1.97 bits per heavy atom. The summed E-state index contributed by atoms with van der Waals surface area (Å²) in [4.78, 5) is 12.9. The lowest BCUT2D eigenvalue weighted by Gasteiger charge is -2.36. The van der Waals surface area contributed by atoms with Crippen molar-refractivity contribution in [2.75, 3.05) is 26.9 Å². The third-order valence-electron chi connectivity index (χ3n) is 5.99. The van der Waals surface area contributed by atoms with E-state index in [2.05, 4.69) is 37.9 Å². The van der Waals surface area contributed by atoms with Gasteiger partial charge in [-0.05, 0) is 55.7 Å². The SMILES string of the molecule is C#CCOc1ccc(CCNC(=O)C(CC2=C(C)CCCC2(C)C)OCC#C)cc1OC. The molecule has 5 heteroatoms. The summed E-state index contributed by atoms with van der Waals surface area (Å²) in [6, 6.07) is 5.65. The van der Waals surface area contributed by atoms with Gasteiger partial charge in [-0.2, -0.15) is 0 Å². The van der Waals surface area contributed by atoms with Gasteiger partial charge in [0.2, 0.25) is 5.91 Å². The Hall–Kier alpha value is -2.89. The van der Waals surface area contributed by atoms with Gasteiger partial charge in [-0.25, -0.2) is 0 Å². The second kappa shape index (κ2) is 12.2. The largest absolute Gasteiger partial charge is 0.493 e. The van der Waals surface area contributed by atoms with E-state index in [0.29, 0.717) is 30.9 Å². The molecule has 1 aromatic rings. The molecule has 1 aliphatic carbocycles. The second-order valence-corrected chi connectivity index (χ2v) is 8.72. The van der Waals surface area contributed by atoms with Gasteiger partial charge in [0.25, 0.3) is 0 Å². The van der Waals surface area contributed by atoms with Crippen molar-refractivity contribution < 1.29 is 19.0 Å². The first-order valence-corrected chi connectivity index (χ1v) is 11.1. The zero-order valence-electron chi connectivity index (χ0n) is 19.8. The number of methoxy groups -OCH3 is 1. The van der Waals surface area contributed by atoms with Crippen LogP contribution < -0.4 is 14.8 Å². The van der Waals surface area contributed by atoms with Gasteiger partial charge in [-0.3, -0.25) is 4.79 Å². The van der Waals surface area contributed by atoms with E-state index in [4.69, 9.17) is 27.1 Å². The smallest absolute Gasteiger partial charge is 0.249 e. The highest BCUT2D eigenvalue weighted by molar-refractivity contribution is 5.81. The fourth-order valence-electron chi connectivity index (χ4n) is 4.24. The van der Waals surface area contributed by atoms with Crippen LogP contribution in [0.15, 0.2) is 29.3 Å². The van der Waals surface area contributed by atoms with E-state index in [1.807, 2.05) is 18.2 Å². The minimum Gasteiger partial charge on any atom is -0.493 e. The molecular weight excluding hydrogens is 402 g/mol. The van der Waals surface area contributed by atoms with E-state index in [1.165, 1.54) is 17.6 Å². The Balaban J connectivity index is 2.00. The fraction of sp³-hybridized carbons (Fsp3) is 0.519. The van der Waals surface area contributed by atoms with Crippen LogP contribution >= 0.6 is 0 Å². The molecule has 1 aromatic carbocycles. The van der Waals surface area contributed by atoms with E-state index in [9.17, 15) is 4.79 Å². The highest BCUT2D eigenvalue weighted by Crippen LogP contribution is 2.42. The molecule has 0 bridgehead atoms. The first-order valence-electron chi connectivity index (χ1n) is 11.1. The van der Waals surface area contributed by atoms with Crippen LogP contribution in [-0.4, -0.2) is 38.9 Å². The summed E-state index contributed by atoms with van der Waals surface area (Å²) in [5.74, 6) is 5.99. The predicted molar refractivity (Wildman–Crippen MR) is 128 cm³/mol. The van der Waals surface area contributed by atoms with E-state index in [-0.39, 0.29) is 24.5 Å². The predicted octanol–water partition coefficient (Wildman–Crippen LogP) is 4.30. The van der Waals surface area contributed by atoms with Crippen molar-refractivity contribution in [1.82, 2.24) is 5.32 Å². The molecule has 32 heavy (non-hydrogen) atoms. The van der Waals surface area contributed by atoms with Gasteiger partial charge in [0.1, 0.15) is 19.3 Å². The molecule has 1 atom stereocenters. The molecule has 1 N–H and O–H groups in total. The van der Waals surface area contributed by atoms with Crippen molar-refractivity contribution in [2.24, 2.45) is 5.41 Å². The van der Waals surface area contributed by atoms with Crippen molar-refractivity contribution >= 4 is 5.91 Å². The summed E-state index contributed by atoms with van der Waals surface area (Å²) < 4.78 is 16.6. The van der Waals surface area contributed by atoms with Crippen molar-refractivity contribution in [3.8, 4) is 36.2 Å². The number of amides is 1. The van der Waals surface area contributed by atoms with Gasteiger partial charge in [0.15, 0.2) is 11.5 Å². The van der Waals surface area contributed by atoms with Gasteiger partial charge in [-0.15, -0.1) is 12.8 Å². The molecule has 0 aliphatic heterocycles. The van der Waals surface area contributed by atoms with Gasteiger partial charge >= 0.3 is 0 Å². The number of terminal acetylenes is 2. The molecule has 5 nitrogen and oxygen atoms in total. The summed E-state index contributed by atoms with van der Waals surface area (Å²) in [7, 11) is 1.58. The molecule has 0 spiro atoms. The molecular formula is C27H35NO4. The zero-order valence-corrected chi connectivity index (χ0v) is 19.8. The molecule has 2 rings (SSSR count). The number of carbonyl (C=O) groups excluding carboxylic acids is 1. The summed E-state index contributed by atoms with van der Waals surface area (Å²) in [5.41, 5.74) is 3.76. The summed E-state index contributed by atoms with van der Waals surface area (Å²) in [5, 5.41) is 3.00. The number of ether oxygens (including phenoxy) is 3. The topological polar surface area (TPSA) is 56.8 Å². The van der Waals surface area contributed by atoms with Crippen LogP contribution in [0.3, 0.4) is 0 Å². The van der Waals surface area contributed by atoms with Gasteiger partial charge in [-0.1, -0.05) is 42.9 Å². The molecule has 0 heterocycles. The van der Waals surface area contributed by atoms with E-state index >= 15 is 0 Å². The second-order valence-electron chi connectivity index (χ2n) is 8.72. The number of carbonyl (C=O) groups is 1. The zero-order chi connectivity index (χ0) is 23.6. The highest BCUT2D eigenvalue weighted by atomic mass is 16.5. The average molecular weight is 438 g/mol. The first kappa shape index (κ1) is 25.4.